The van der Waals surface area contributed by atoms with Crippen LogP contribution in [0.5, 0.6) is 0 Å². The molecule has 0 aliphatic heterocycles. The van der Waals surface area contributed by atoms with Crippen molar-refractivity contribution in [3.8, 4) is 0 Å². The summed E-state index contributed by atoms with van der Waals surface area (Å²) in [6.07, 6.45) is 2.88. The summed E-state index contributed by atoms with van der Waals surface area (Å²) in [5.41, 5.74) is 1.15. The number of carbonyl (C=O) groups is 1. The van der Waals surface area contributed by atoms with Gasteiger partial charge in [0.2, 0.25) is 0 Å². The first-order chi connectivity index (χ1) is 9.63. The van der Waals surface area contributed by atoms with Crippen molar-refractivity contribution in [2.24, 2.45) is 0 Å². The molecule has 1 aromatic heterocycles. The number of hydrogen-bond donors (Lipinski definition) is 2. The van der Waals surface area contributed by atoms with E-state index < -0.39 is 11.5 Å². The maximum atomic E-state index is 11.5. The van der Waals surface area contributed by atoms with Crippen molar-refractivity contribution >= 4 is 16.9 Å². The number of nitrogens with one attached hydrogen (secondary N) is 1. The van der Waals surface area contributed by atoms with Crippen LogP contribution in [0.4, 0.5) is 0 Å². The predicted molar refractivity (Wildman–Crippen MR) is 79.5 cm³/mol. The van der Waals surface area contributed by atoms with Gasteiger partial charge in [-0.2, -0.15) is 0 Å². The number of carboxylic acid groups (broad SMARTS) is 1. The summed E-state index contributed by atoms with van der Waals surface area (Å²) >= 11 is 0. The van der Waals surface area contributed by atoms with Gasteiger partial charge < -0.3 is 5.11 Å². The lowest BCUT2D eigenvalue weighted by molar-refractivity contribution is -0.145. The molecular weight excluding hydrogens is 252 g/mol. The molecule has 0 amide bonds. The summed E-state index contributed by atoms with van der Waals surface area (Å²) in [5.74, 6) is -0.791. The maximum Gasteiger partial charge on any atom is 0.323 e. The van der Waals surface area contributed by atoms with Crippen LogP contribution in [0, 0.1) is 0 Å². The highest BCUT2D eigenvalue weighted by Crippen LogP contribution is 2.20. The zero-order valence-corrected chi connectivity index (χ0v) is 11.9. The molecule has 4 heteroatoms. The lowest BCUT2D eigenvalue weighted by Gasteiger charge is -2.28. The van der Waals surface area contributed by atoms with Gasteiger partial charge in [-0.25, -0.2) is 0 Å². The summed E-state index contributed by atoms with van der Waals surface area (Å²) in [7, 11) is 0. The smallest absolute Gasteiger partial charge is 0.323 e. The SMILES string of the molecule is CCC(CC)(NCc1ccnc2ccccc12)C(=O)O. The third-order valence-electron chi connectivity index (χ3n) is 3.97. The van der Waals surface area contributed by atoms with E-state index in [0.29, 0.717) is 19.4 Å². The molecule has 0 saturated carbocycles. The molecule has 20 heavy (non-hydrogen) atoms. The molecule has 2 aromatic rings. The molecule has 0 fully saturated rings. The number of aliphatic carboxylic acids is 1. The molecule has 0 atom stereocenters. The van der Waals surface area contributed by atoms with Gasteiger partial charge in [0.15, 0.2) is 0 Å². The molecule has 0 aliphatic carbocycles. The third-order valence-corrected chi connectivity index (χ3v) is 3.97. The lowest BCUT2D eigenvalue weighted by atomic mass is 9.92. The van der Waals surface area contributed by atoms with E-state index in [9.17, 15) is 9.90 Å². The predicted octanol–water partition coefficient (Wildman–Crippen LogP) is 2.97. The highest BCUT2D eigenvalue weighted by atomic mass is 16.4. The molecule has 2 rings (SSSR count). The Morgan fingerprint density at radius 2 is 1.95 bits per heavy atom. The monoisotopic (exact) mass is 272 g/mol. The lowest BCUT2D eigenvalue weighted by Crippen LogP contribution is -2.50. The van der Waals surface area contributed by atoms with Gasteiger partial charge in [0.25, 0.3) is 0 Å². The molecule has 4 nitrogen and oxygen atoms in total. The normalized spacial score (nSPS) is 11.7. The molecule has 2 N–H and O–H groups in total. The standard InChI is InChI=1S/C16H20N2O2/c1-3-16(4-2,15(19)20)18-11-12-9-10-17-14-8-6-5-7-13(12)14/h5-10,18H,3-4,11H2,1-2H3,(H,19,20). The minimum Gasteiger partial charge on any atom is -0.480 e. The molecule has 0 bridgehead atoms. The number of para-hydroxylation sites is 1. The minimum atomic E-state index is -0.857. The van der Waals surface area contributed by atoms with E-state index in [4.69, 9.17) is 0 Å². The number of carboxylic acids is 1. The van der Waals surface area contributed by atoms with E-state index >= 15 is 0 Å². The van der Waals surface area contributed by atoms with Crippen LogP contribution in [0.25, 0.3) is 10.9 Å². The number of hydrogen-bond acceptors (Lipinski definition) is 3. The van der Waals surface area contributed by atoms with Gasteiger partial charge in [-0.3, -0.25) is 15.1 Å². The third kappa shape index (κ3) is 2.65. The van der Waals surface area contributed by atoms with Crippen LogP contribution in [0.15, 0.2) is 36.5 Å². The number of benzene rings is 1. The fourth-order valence-electron chi connectivity index (χ4n) is 2.45. The van der Waals surface area contributed by atoms with Crippen LogP contribution in [-0.4, -0.2) is 21.6 Å². The largest absolute Gasteiger partial charge is 0.480 e. The van der Waals surface area contributed by atoms with Crippen LogP contribution in [0.1, 0.15) is 32.3 Å². The van der Waals surface area contributed by atoms with Crippen LogP contribution in [0.2, 0.25) is 0 Å². The quantitative estimate of drug-likeness (QED) is 0.848. The highest BCUT2D eigenvalue weighted by Gasteiger charge is 2.34. The van der Waals surface area contributed by atoms with Crippen molar-refractivity contribution in [2.75, 3.05) is 0 Å². The molecule has 0 spiro atoms. The summed E-state index contributed by atoms with van der Waals surface area (Å²) in [6.45, 7) is 4.32. The van der Waals surface area contributed by atoms with Gasteiger partial charge in [0, 0.05) is 18.1 Å². The van der Waals surface area contributed by atoms with Gasteiger partial charge in [-0.15, -0.1) is 0 Å². The number of nitrogens with zero attached hydrogens (tertiary/aromatic N) is 1. The Morgan fingerprint density at radius 1 is 1.25 bits per heavy atom. The first-order valence-electron chi connectivity index (χ1n) is 6.94. The second kappa shape index (κ2) is 6.01. The molecular formula is C16H20N2O2. The Kier molecular flexibility index (Phi) is 4.35. The second-order valence-corrected chi connectivity index (χ2v) is 4.94. The van der Waals surface area contributed by atoms with Gasteiger partial charge in [0.1, 0.15) is 5.54 Å². The molecule has 0 radical (unpaired) electrons. The Labute approximate surface area is 118 Å². The van der Waals surface area contributed by atoms with Crippen LogP contribution in [0.3, 0.4) is 0 Å². The maximum absolute atomic E-state index is 11.5. The Bertz CT molecular complexity index is 601. The van der Waals surface area contributed by atoms with E-state index in [-0.39, 0.29) is 0 Å². The summed E-state index contributed by atoms with van der Waals surface area (Å²) in [6, 6.07) is 9.83. The van der Waals surface area contributed by atoms with Crippen molar-refractivity contribution in [3.05, 3.63) is 42.1 Å². The van der Waals surface area contributed by atoms with Crippen LogP contribution in [-0.2, 0) is 11.3 Å². The van der Waals surface area contributed by atoms with E-state index in [2.05, 4.69) is 10.3 Å². The number of pyridine rings is 1. The number of aromatic nitrogens is 1. The molecule has 0 aliphatic rings. The van der Waals surface area contributed by atoms with Crippen molar-refractivity contribution in [1.82, 2.24) is 10.3 Å². The van der Waals surface area contributed by atoms with Crippen LogP contribution >= 0.6 is 0 Å². The van der Waals surface area contributed by atoms with E-state index in [1.165, 1.54) is 0 Å². The zero-order valence-electron chi connectivity index (χ0n) is 11.9. The van der Waals surface area contributed by atoms with Crippen LogP contribution < -0.4 is 5.32 Å². The first-order valence-corrected chi connectivity index (χ1v) is 6.94. The molecule has 1 heterocycles. The van der Waals surface area contributed by atoms with Gasteiger partial charge in [0.05, 0.1) is 5.52 Å². The van der Waals surface area contributed by atoms with Gasteiger partial charge in [-0.05, 0) is 30.5 Å². The van der Waals surface area contributed by atoms with Crippen molar-refractivity contribution in [3.63, 3.8) is 0 Å². The summed E-state index contributed by atoms with van der Waals surface area (Å²) in [5, 5.41) is 13.7. The Balaban J connectivity index is 2.27. The second-order valence-electron chi connectivity index (χ2n) is 4.94. The van der Waals surface area contributed by atoms with Crippen molar-refractivity contribution in [2.45, 2.75) is 38.8 Å². The number of fused-ring (bicyclic) bond motifs is 1. The first kappa shape index (κ1) is 14.5. The summed E-state index contributed by atoms with van der Waals surface area (Å²) in [4.78, 5) is 15.8. The zero-order chi connectivity index (χ0) is 14.6. The molecule has 106 valence electrons. The van der Waals surface area contributed by atoms with E-state index in [0.717, 1.165) is 16.5 Å². The van der Waals surface area contributed by atoms with Crippen molar-refractivity contribution in [1.29, 1.82) is 0 Å². The molecule has 1 aromatic carbocycles. The van der Waals surface area contributed by atoms with Crippen molar-refractivity contribution < 1.29 is 9.90 Å². The minimum absolute atomic E-state index is 0.525. The Morgan fingerprint density at radius 3 is 2.60 bits per heavy atom. The fourth-order valence-corrected chi connectivity index (χ4v) is 2.45. The van der Waals surface area contributed by atoms with Gasteiger partial charge in [-0.1, -0.05) is 32.0 Å². The molecule has 0 saturated heterocycles. The highest BCUT2D eigenvalue weighted by molar-refractivity contribution is 5.82. The number of rotatable bonds is 6. The van der Waals surface area contributed by atoms with E-state index in [1.807, 2.05) is 44.2 Å². The summed E-state index contributed by atoms with van der Waals surface area (Å²) < 4.78 is 0. The average molecular weight is 272 g/mol. The van der Waals surface area contributed by atoms with E-state index in [1.54, 1.807) is 6.20 Å². The topological polar surface area (TPSA) is 62.2 Å². The van der Waals surface area contributed by atoms with Gasteiger partial charge >= 0.3 is 5.97 Å². The molecule has 0 unspecified atom stereocenters. The average Bonchev–Trinajstić information content (AvgIpc) is 2.48. The Hall–Kier alpha value is -1.94. The fraction of sp³-hybridized carbons (Fsp3) is 0.375.